The molecule has 38 heavy (non-hydrogen) atoms. The monoisotopic (exact) mass is 525 g/mol. The molecule has 6 N–H and O–H groups in total. The van der Waals surface area contributed by atoms with Crippen molar-refractivity contribution in [3.8, 4) is 5.75 Å². The smallest absolute Gasteiger partial charge is 0.255 e. The van der Waals surface area contributed by atoms with E-state index < -0.39 is 60.3 Å². The van der Waals surface area contributed by atoms with Crippen LogP contribution in [0.1, 0.15) is 42.6 Å². The molecule has 1 heterocycles. The van der Waals surface area contributed by atoms with Gasteiger partial charge in [0.15, 0.2) is 6.29 Å². The Morgan fingerprint density at radius 1 is 0.974 bits per heavy atom. The average molecular weight is 526 g/mol. The van der Waals surface area contributed by atoms with E-state index in [-0.39, 0.29) is 23.7 Å². The number of nitrogens with one attached hydrogen (secondary N) is 3. The molecular formula is C28H35N3O7. The molecule has 10 nitrogen and oxygen atoms in total. The number of carbonyl (C=O) groups is 3. The molecule has 4 rings (SSSR count). The maximum Gasteiger partial charge on any atom is 0.255 e. The molecule has 10 heteroatoms. The van der Waals surface area contributed by atoms with Crippen LogP contribution in [0, 0.1) is 11.8 Å². The maximum atomic E-state index is 13.6. The van der Waals surface area contributed by atoms with Gasteiger partial charge in [-0.15, -0.1) is 0 Å². The van der Waals surface area contributed by atoms with Gasteiger partial charge in [-0.3, -0.25) is 14.4 Å². The van der Waals surface area contributed by atoms with E-state index in [1.165, 1.54) is 19.1 Å². The van der Waals surface area contributed by atoms with Crippen molar-refractivity contribution in [1.29, 1.82) is 0 Å². The van der Waals surface area contributed by atoms with E-state index in [1.807, 2.05) is 30.3 Å². The van der Waals surface area contributed by atoms with E-state index in [4.69, 9.17) is 4.74 Å². The topological polar surface area (TPSA) is 157 Å². The minimum atomic E-state index is -1.44. The van der Waals surface area contributed by atoms with Gasteiger partial charge in [-0.25, -0.2) is 0 Å². The number of amides is 3. The number of hydrogen-bond donors (Lipinski definition) is 6. The number of para-hydroxylation sites is 1. The molecule has 2 aromatic rings. The van der Waals surface area contributed by atoms with Gasteiger partial charge in [0.1, 0.15) is 11.8 Å². The number of phenols is 1. The van der Waals surface area contributed by atoms with Crippen LogP contribution in [0.25, 0.3) is 0 Å². The average Bonchev–Trinajstić information content (AvgIpc) is 3.74. The highest BCUT2D eigenvalue weighted by Gasteiger charge is 2.43. The Kier molecular flexibility index (Phi) is 8.65. The summed E-state index contributed by atoms with van der Waals surface area (Å²) in [5, 5.41) is 40.5. The van der Waals surface area contributed by atoms with Crippen LogP contribution in [0.4, 0.5) is 0 Å². The quantitative estimate of drug-likeness (QED) is 0.338. The van der Waals surface area contributed by atoms with Gasteiger partial charge in [-0.2, -0.15) is 0 Å². The first kappa shape index (κ1) is 27.6. The Morgan fingerprint density at radius 3 is 2.29 bits per heavy atom. The van der Waals surface area contributed by atoms with E-state index in [9.17, 15) is 29.7 Å². The summed E-state index contributed by atoms with van der Waals surface area (Å²) in [6, 6.07) is 12.3. The SMILES string of the molecule is CC1OC(O)C(C2CC2)NC(=O)C(C)C(O)C(Cc2ccccc2)NC(=O)C1NC(=O)c1ccccc1O. The van der Waals surface area contributed by atoms with Gasteiger partial charge in [-0.05, 0) is 49.8 Å². The van der Waals surface area contributed by atoms with E-state index in [0.717, 1.165) is 18.4 Å². The lowest BCUT2D eigenvalue weighted by Gasteiger charge is -2.35. The Balaban J connectivity index is 1.66. The highest BCUT2D eigenvalue weighted by Crippen LogP contribution is 2.35. The Labute approximate surface area is 221 Å². The predicted molar refractivity (Wildman–Crippen MR) is 138 cm³/mol. The number of aliphatic hydroxyl groups is 2. The van der Waals surface area contributed by atoms with Crippen molar-refractivity contribution in [3.63, 3.8) is 0 Å². The van der Waals surface area contributed by atoms with Gasteiger partial charge < -0.3 is 36.0 Å². The van der Waals surface area contributed by atoms with Gasteiger partial charge in [0, 0.05) is 0 Å². The summed E-state index contributed by atoms with van der Waals surface area (Å²) in [6.07, 6.45) is -1.91. The van der Waals surface area contributed by atoms with Crippen molar-refractivity contribution in [2.24, 2.45) is 11.8 Å². The third kappa shape index (κ3) is 6.50. The number of rotatable bonds is 5. The van der Waals surface area contributed by atoms with Crippen molar-refractivity contribution in [2.45, 2.75) is 69.7 Å². The van der Waals surface area contributed by atoms with Crippen LogP contribution in [0.3, 0.4) is 0 Å². The number of aromatic hydroxyl groups is 1. The second kappa shape index (κ2) is 11.9. The molecule has 2 aliphatic rings. The zero-order valence-corrected chi connectivity index (χ0v) is 21.4. The van der Waals surface area contributed by atoms with Gasteiger partial charge in [0.2, 0.25) is 11.8 Å². The standard InChI is InChI=1S/C28H35N3O7/c1-15-24(33)20(14-17-8-4-3-5-9-17)29-27(36)22(30-26(35)19-10-6-7-11-21(19)32)16(2)38-28(37)23(18-12-13-18)31-25(15)34/h3-11,15-16,18,20,22-24,28,32-33,37H,12-14H2,1-2H3,(H,29,36)(H,30,35)(H,31,34). The molecule has 7 unspecified atom stereocenters. The summed E-state index contributed by atoms with van der Waals surface area (Å²) in [5.74, 6) is -3.00. The first-order chi connectivity index (χ1) is 18.2. The van der Waals surface area contributed by atoms with E-state index in [1.54, 1.807) is 19.1 Å². The lowest BCUT2D eigenvalue weighted by Crippen LogP contribution is -2.61. The summed E-state index contributed by atoms with van der Waals surface area (Å²) in [6.45, 7) is 3.09. The molecule has 1 saturated carbocycles. The van der Waals surface area contributed by atoms with Crippen molar-refractivity contribution >= 4 is 17.7 Å². The fraction of sp³-hybridized carbons (Fsp3) is 0.464. The normalized spacial score (nSPS) is 30.8. The zero-order valence-electron chi connectivity index (χ0n) is 21.4. The molecule has 204 valence electrons. The van der Waals surface area contributed by atoms with Gasteiger partial charge in [0.25, 0.3) is 5.91 Å². The van der Waals surface area contributed by atoms with E-state index in [0.29, 0.717) is 0 Å². The van der Waals surface area contributed by atoms with Crippen LogP contribution in [0.2, 0.25) is 0 Å². The highest BCUT2D eigenvalue weighted by atomic mass is 16.6. The lowest BCUT2D eigenvalue weighted by atomic mass is 9.91. The Bertz CT molecular complexity index is 1140. The minimum Gasteiger partial charge on any atom is -0.507 e. The van der Waals surface area contributed by atoms with Crippen LogP contribution in [-0.4, -0.2) is 69.7 Å². The van der Waals surface area contributed by atoms with Crippen LogP contribution in [0.5, 0.6) is 5.75 Å². The number of ether oxygens (including phenoxy) is 1. The molecule has 7 atom stereocenters. The first-order valence-electron chi connectivity index (χ1n) is 12.9. The minimum absolute atomic E-state index is 0.00307. The van der Waals surface area contributed by atoms with Crippen molar-refractivity contribution in [2.75, 3.05) is 0 Å². The molecule has 0 bridgehead atoms. The molecule has 1 saturated heterocycles. The summed E-state index contributed by atoms with van der Waals surface area (Å²) in [5.41, 5.74) is 0.804. The molecule has 2 fully saturated rings. The fourth-order valence-electron chi connectivity index (χ4n) is 4.74. The maximum absolute atomic E-state index is 13.6. The highest BCUT2D eigenvalue weighted by molar-refractivity contribution is 5.99. The van der Waals surface area contributed by atoms with Gasteiger partial charge in [0.05, 0.1) is 35.8 Å². The van der Waals surface area contributed by atoms with Crippen LogP contribution in [0.15, 0.2) is 54.6 Å². The third-order valence-electron chi connectivity index (χ3n) is 7.25. The fourth-order valence-corrected chi connectivity index (χ4v) is 4.74. The zero-order chi connectivity index (χ0) is 27.4. The number of carbonyl (C=O) groups excluding carboxylic acids is 3. The number of benzene rings is 2. The summed E-state index contributed by atoms with van der Waals surface area (Å²) >= 11 is 0. The molecule has 1 aliphatic carbocycles. The summed E-state index contributed by atoms with van der Waals surface area (Å²) in [7, 11) is 0. The van der Waals surface area contributed by atoms with Crippen molar-refractivity contribution in [3.05, 3.63) is 65.7 Å². The summed E-state index contributed by atoms with van der Waals surface area (Å²) < 4.78 is 5.79. The van der Waals surface area contributed by atoms with E-state index >= 15 is 0 Å². The largest absolute Gasteiger partial charge is 0.507 e. The molecule has 1 aliphatic heterocycles. The predicted octanol–water partition coefficient (Wildman–Crippen LogP) is 0.847. The van der Waals surface area contributed by atoms with Crippen LogP contribution >= 0.6 is 0 Å². The molecule has 0 spiro atoms. The summed E-state index contributed by atoms with van der Waals surface area (Å²) in [4.78, 5) is 39.7. The lowest BCUT2D eigenvalue weighted by molar-refractivity contribution is -0.169. The molecule has 3 amide bonds. The second-order valence-corrected chi connectivity index (χ2v) is 10.2. The molecule has 0 radical (unpaired) electrons. The number of hydrogen-bond acceptors (Lipinski definition) is 7. The van der Waals surface area contributed by atoms with Crippen molar-refractivity contribution in [1.82, 2.24) is 16.0 Å². The second-order valence-electron chi connectivity index (χ2n) is 10.2. The van der Waals surface area contributed by atoms with Gasteiger partial charge >= 0.3 is 0 Å². The number of phenolic OH excluding ortho intramolecular Hbond substituents is 1. The number of aliphatic hydroxyl groups excluding tert-OH is 2. The van der Waals surface area contributed by atoms with Crippen molar-refractivity contribution < 1.29 is 34.4 Å². The Hall–Kier alpha value is -3.47. The van der Waals surface area contributed by atoms with Crippen LogP contribution in [-0.2, 0) is 20.7 Å². The first-order valence-corrected chi connectivity index (χ1v) is 12.9. The Morgan fingerprint density at radius 2 is 1.63 bits per heavy atom. The molecule has 0 aromatic heterocycles. The third-order valence-corrected chi connectivity index (χ3v) is 7.25. The van der Waals surface area contributed by atoms with Gasteiger partial charge in [-0.1, -0.05) is 49.4 Å². The van der Waals surface area contributed by atoms with Crippen LogP contribution < -0.4 is 16.0 Å². The van der Waals surface area contributed by atoms with E-state index in [2.05, 4.69) is 16.0 Å². The molecular weight excluding hydrogens is 490 g/mol. The molecule has 2 aromatic carbocycles.